The van der Waals surface area contributed by atoms with E-state index in [1.807, 2.05) is 77.1 Å². The van der Waals surface area contributed by atoms with Gasteiger partial charge in [-0.05, 0) is 75.3 Å². The molecule has 2 amide bonds. The fourth-order valence-corrected chi connectivity index (χ4v) is 5.88. The molecule has 1 aliphatic heterocycles. The van der Waals surface area contributed by atoms with Gasteiger partial charge in [-0.1, -0.05) is 48.9 Å². The first kappa shape index (κ1) is 31.6. The number of likely N-dealkylation sites (tertiary alicyclic amines) is 1. The molecule has 3 aromatic heterocycles. The summed E-state index contributed by atoms with van der Waals surface area (Å²) in [6.45, 7) is 2.70. The number of rotatable bonds is 10. The lowest BCUT2D eigenvalue weighted by molar-refractivity contribution is -0.111. The SMILES string of the molecule is CN(C)C/C=C/C(=O)Nc1ccc(C(=O)N2CCCC[C@@H](CNc3nccc(-c4c(-c5ccccc5)nn5ccccc45)n3)C2)cc1. The number of amides is 2. The summed E-state index contributed by atoms with van der Waals surface area (Å²) in [5.41, 5.74) is 5.88. The summed E-state index contributed by atoms with van der Waals surface area (Å²) in [5.74, 6) is 0.602. The first-order valence-corrected chi connectivity index (χ1v) is 16.1. The predicted octanol–water partition coefficient (Wildman–Crippen LogP) is 5.87. The van der Waals surface area contributed by atoms with Crippen molar-refractivity contribution in [2.75, 3.05) is 50.9 Å². The van der Waals surface area contributed by atoms with Gasteiger partial charge in [0.05, 0.1) is 16.8 Å². The van der Waals surface area contributed by atoms with Gasteiger partial charge < -0.3 is 20.4 Å². The van der Waals surface area contributed by atoms with Crippen LogP contribution in [0.5, 0.6) is 0 Å². The second kappa shape index (κ2) is 14.8. The van der Waals surface area contributed by atoms with E-state index in [2.05, 4.69) is 33.8 Å². The van der Waals surface area contributed by atoms with Crippen LogP contribution in [0, 0.1) is 5.92 Å². The molecule has 240 valence electrons. The zero-order valence-electron chi connectivity index (χ0n) is 26.8. The number of hydrogen-bond donors (Lipinski definition) is 2. The molecule has 4 heterocycles. The molecule has 1 fully saturated rings. The molecular formula is C37H40N8O2. The van der Waals surface area contributed by atoms with Crippen molar-refractivity contribution in [3.8, 4) is 22.5 Å². The highest BCUT2D eigenvalue weighted by Gasteiger charge is 2.24. The standard InChI is InChI=1S/C37H40N8O2/c1-43(2)22-10-15-33(46)40-30-18-16-29(17-19-30)36(47)44-23-8-6-11-27(26-44)25-39-37-38-21-20-31(41-37)34-32-14-7-9-24-45(32)42-35(34)28-12-4-3-5-13-28/h3-5,7,9-10,12-21,24,27H,6,8,11,22-23,25-26H2,1-2H3,(H,40,46)(H,38,39,41)/b15-10+/t27-/m0/s1. The predicted molar refractivity (Wildman–Crippen MR) is 186 cm³/mol. The van der Waals surface area contributed by atoms with Gasteiger partial charge in [-0.3, -0.25) is 9.59 Å². The fourth-order valence-electron chi connectivity index (χ4n) is 5.88. The Morgan fingerprint density at radius 2 is 1.79 bits per heavy atom. The summed E-state index contributed by atoms with van der Waals surface area (Å²) >= 11 is 0. The molecule has 6 rings (SSSR count). The summed E-state index contributed by atoms with van der Waals surface area (Å²) in [6, 6.07) is 25.2. The number of benzene rings is 2. The second-order valence-corrected chi connectivity index (χ2v) is 12.1. The average molecular weight is 629 g/mol. The molecule has 1 atom stereocenters. The molecule has 0 saturated carbocycles. The number of carbonyl (C=O) groups is 2. The minimum atomic E-state index is -0.196. The van der Waals surface area contributed by atoms with Crippen molar-refractivity contribution < 1.29 is 9.59 Å². The van der Waals surface area contributed by atoms with Gasteiger partial charge in [-0.2, -0.15) is 5.10 Å². The van der Waals surface area contributed by atoms with Crippen LogP contribution in [0.25, 0.3) is 28.0 Å². The highest BCUT2D eigenvalue weighted by atomic mass is 16.2. The first-order valence-electron chi connectivity index (χ1n) is 16.1. The molecular weight excluding hydrogens is 588 g/mol. The van der Waals surface area contributed by atoms with Gasteiger partial charge in [-0.15, -0.1) is 0 Å². The zero-order valence-corrected chi connectivity index (χ0v) is 26.8. The van der Waals surface area contributed by atoms with Crippen LogP contribution in [0.2, 0.25) is 0 Å². The van der Waals surface area contributed by atoms with Crippen LogP contribution in [0.3, 0.4) is 0 Å². The van der Waals surface area contributed by atoms with E-state index >= 15 is 0 Å². The Labute approximate surface area is 275 Å². The van der Waals surface area contributed by atoms with E-state index in [1.54, 1.807) is 30.5 Å². The van der Waals surface area contributed by atoms with Crippen molar-refractivity contribution in [1.82, 2.24) is 29.4 Å². The van der Waals surface area contributed by atoms with Crippen molar-refractivity contribution in [3.05, 3.63) is 109 Å². The Morgan fingerprint density at radius 1 is 0.979 bits per heavy atom. The summed E-state index contributed by atoms with van der Waals surface area (Å²) < 4.78 is 1.89. The van der Waals surface area contributed by atoms with E-state index in [0.717, 1.165) is 47.3 Å². The number of aromatic nitrogens is 4. The van der Waals surface area contributed by atoms with Crippen molar-refractivity contribution in [2.24, 2.45) is 5.92 Å². The molecule has 47 heavy (non-hydrogen) atoms. The molecule has 10 nitrogen and oxygen atoms in total. The highest BCUT2D eigenvalue weighted by Crippen LogP contribution is 2.34. The number of carbonyl (C=O) groups excluding carboxylic acids is 2. The van der Waals surface area contributed by atoms with Crippen molar-refractivity contribution >= 4 is 29.0 Å². The van der Waals surface area contributed by atoms with Crippen molar-refractivity contribution in [2.45, 2.75) is 19.3 Å². The molecule has 1 saturated heterocycles. The fraction of sp³-hybridized carbons (Fsp3) is 0.270. The smallest absolute Gasteiger partial charge is 0.253 e. The van der Waals surface area contributed by atoms with Crippen LogP contribution in [0.15, 0.2) is 103 Å². The van der Waals surface area contributed by atoms with E-state index in [1.165, 1.54) is 6.08 Å². The molecule has 0 spiro atoms. The maximum atomic E-state index is 13.5. The molecule has 0 bridgehead atoms. The number of fused-ring (bicyclic) bond motifs is 1. The zero-order chi connectivity index (χ0) is 32.6. The van der Waals surface area contributed by atoms with Gasteiger partial charge in [0.25, 0.3) is 5.91 Å². The third-order valence-corrected chi connectivity index (χ3v) is 8.24. The van der Waals surface area contributed by atoms with Crippen LogP contribution in [-0.4, -0.2) is 81.5 Å². The number of nitrogens with zero attached hydrogens (tertiary/aromatic N) is 6. The van der Waals surface area contributed by atoms with Gasteiger partial charge in [0.1, 0.15) is 5.69 Å². The van der Waals surface area contributed by atoms with Gasteiger partial charge >= 0.3 is 0 Å². The Bertz CT molecular complexity index is 1850. The average Bonchev–Trinajstić information content (AvgIpc) is 3.32. The maximum Gasteiger partial charge on any atom is 0.253 e. The van der Waals surface area contributed by atoms with Crippen LogP contribution in [-0.2, 0) is 4.79 Å². The number of nitrogens with one attached hydrogen (secondary N) is 2. The van der Waals surface area contributed by atoms with Crippen molar-refractivity contribution in [1.29, 1.82) is 0 Å². The van der Waals surface area contributed by atoms with Crippen LogP contribution in [0.1, 0.15) is 29.6 Å². The van der Waals surface area contributed by atoms with Gasteiger partial charge in [0, 0.05) is 61.5 Å². The molecule has 0 radical (unpaired) electrons. The normalized spacial score (nSPS) is 15.2. The highest BCUT2D eigenvalue weighted by molar-refractivity contribution is 6.00. The molecule has 2 aromatic carbocycles. The number of anilines is 2. The Kier molecular flexibility index (Phi) is 9.98. The third kappa shape index (κ3) is 7.90. The molecule has 10 heteroatoms. The summed E-state index contributed by atoms with van der Waals surface area (Å²) in [4.78, 5) is 39.1. The quantitative estimate of drug-likeness (QED) is 0.186. The third-order valence-electron chi connectivity index (χ3n) is 8.24. The molecule has 1 aliphatic rings. The summed E-state index contributed by atoms with van der Waals surface area (Å²) in [7, 11) is 3.89. The van der Waals surface area contributed by atoms with Gasteiger partial charge in [0.2, 0.25) is 11.9 Å². The van der Waals surface area contributed by atoms with Crippen LogP contribution < -0.4 is 10.6 Å². The Morgan fingerprint density at radius 3 is 2.60 bits per heavy atom. The molecule has 0 aliphatic carbocycles. The first-order chi connectivity index (χ1) is 22.9. The Hall–Kier alpha value is -5.35. The largest absolute Gasteiger partial charge is 0.354 e. The summed E-state index contributed by atoms with van der Waals surface area (Å²) in [6.07, 6.45) is 10.1. The number of hydrogen-bond acceptors (Lipinski definition) is 7. The van der Waals surface area contributed by atoms with Crippen LogP contribution >= 0.6 is 0 Å². The number of pyridine rings is 1. The molecule has 2 N–H and O–H groups in total. The number of likely N-dealkylation sites (N-methyl/N-ethyl adjacent to an activating group) is 1. The van der Waals surface area contributed by atoms with Crippen molar-refractivity contribution in [3.63, 3.8) is 0 Å². The molecule has 5 aromatic rings. The topological polar surface area (TPSA) is 108 Å². The minimum absolute atomic E-state index is 0.000398. The monoisotopic (exact) mass is 628 g/mol. The van der Waals surface area contributed by atoms with Gasteiger partial charge in [0.15, 0.2) is 0 Å². The second-order valence-electron chi connectivity index (χ2n) is 12.1. The van der Waals surface area contributed by atoms with E-state index in [-0.39, 0.29) is 17.7 Å². The lowest BCUT2D eigenvalue weighted by Crippen LogP contribution is -2.36. The van der Waals surface area contributed by atoms with E-state index in [4.69, 9.17) is 10.1 Å². The molecule has 0 unspecified atom stereocenters. The summed E-state index contributed by atoms with van der Waals surface area (Å²) in [5, 5.41) is 11.2. The minimum Gasteiger partial charge on any atom is -0.354 e. The van der Waals surface area contributed by atoms with E-state index < -0.39 is 0 Å². The van der Waals surface area contributed by atoms with Gasteiger partial charge in [-0.25, -0.2) is 14.5 Å². The Balaban J connectivity index is 1.11. The van der Waals surface area contributed by atoms with Crippen LogP contribution in [0.4, 0.5) is 11.6 Å². The maximum absolute atomic E-state index is 13.5. The lowest BCUT2D eigenvalue weighted by Gasteiger charge is -2.25. The van der Waals surface area contributed by atoms with E-state index in [9.17, 15) is 9.59 Å². The lowest BCUT2D eigenvalue weighted by atomic mass is 10.0. The van der Waals surface area contributed by atoms with E-state index in [0.29, 0.717) is 43.4 Å².